The summed E-state index contributed by atoms with van der Waals surface area (Å²) in [6.45, 7) is 0. The van der Waals surface area contributed by atoms with E-state index in [2.05, 4.69) is 185 Å². The molecule has 0 radical (unpaired) electrons. The number of benzene rings is 8. The first-order chi connectivity index (χ1) is 28.3. The van der Waals surface area contributed by atoms with Crippen molar-refractivity contribution in [1.82, 2.24) is 24.1 Å². The summed E-state index contributed by atoms with van der Waals surface area (Å²) in [7, 11) is 0. The third-order valence-corrected chi connectivity index (χ3v) is 11.6. The van der Waals surface area contributed by atoms with Crippen molar-refractivity contribution >= 4 is 43.6 Å². The van der Waals surface area contributed by atoms with Crippen LogP contribution < -0.4 is 0 Å². The molecule has 1 atom stereocenters. The van der Waals surface area contributed by atoms with Gasteiger partial charge in [0, 0.05) is 44.0 Å². The monoisotopic (exact) mass is 727 g/mol. The van der Waals surface area contributed by atoms with Gasteiger partial charge in [-0.15, -0.1) is 0 Å². The van der Waals surface area contributed by atoms with Crippen LogP contribution in [0.15, 0.2) is 194 Å². The third kappa shape index (κ3) is 4.79. The van der Waals surface area contributed by atoms with Gasteiger partial charge in [0.1, 0.15) is 5.82 Å². The van der Waals surface area contributed by atoms with E-state index in [1.54, 1.807) is 0 Å². The maximum Gasteiger partial charge on any atom is 0.163 e. The fourth-order valence-corrected chi connectivity index (χ4v) is 9.25. The zero-order valence-corrected chi connectivity index (χ0v) is 30.8. The Hall–Kier alpha value is -7.63. The van der Waals surface area contributed by atoms with Crippen molar-refractivity contribution in [2.75, 3.05) is 0 Å². The normalized spacial score (nSPS) is 13.4. The van der Waals surface area contributed by atoms with Crippen molar-refractivity contribution in [2.45, 2.75) is 5.92 Å². The largest absolute Gasteiger partial charge is 0.309 e. The van der Waals surface area contributed by atoms with Gasteiger partial charge < -0.3 is 9.13 Å². The molecule has 8 aromatic carbocycles. The molecule has 0 N–H and O–H groups in total. The molecule has 0 saturated heterocycles. The van der Waals surface area contributed by atoms with Gasteiger partial charge in [0.15, 0.2) is 11.6 Å². The van der Waals surface area contributed by atoms with Crippen LogP contribution in [-0.2, 0) is 0 Å². The van der Waals surface area contributed by atoms with Crippen molar-refractivity contribution in [2.24, 2.45) is 0 Å². The smallest absolute Gasteiger partial charge is 0.163 e. The van der Waals surface area contributed by atoms with Gasteiger partial charge in [-0.05, 0) is 70.8 Å². The zero-order chi connectivity index (χ0) is 37.5. The Kier molecular flexibility index (Phi) is 6.92. The topological polar surface area (TPSA) is 48.5 Å². The molecule has 0 saturated carbocycles. The highest BCUT2D eigenvalue weighted by Crippen LogP contribution is 2.52. The predicted octanol–water partition coefficient (Wildman–Crippen LogP) is 12.6. The molecule has 5 nitrogen and oxygen atoms in total. The summed E-state index contributed by atoms with van der Waals surface area (Å²) < 4.78 is 4.73. The second kappa shape index (κ2) is 12.4. The van der Waals surface area contributed by atoms with Crippen LogP contribution in [0.5, 0.6) is 0 Å². The molecular formula is C52H33N5. The summed E-state index contributed by atoms with van der Waals surface area (Å²) in [5.41, 5.74) is 13.6. The minimum absolute atomic E-state index is 0.223. The van der Waals surface area contributed by atoms with Crippen molar-refractivity contribution in [3.63, 3.8) is 0 Å². The van der Waals surface area contributed by atoms with Crippen molar-refractivity contribution < 1.29 is 0 Å². The first-order valence-corrected chi connectivity index (χ1v) is 19.4. The zero-order valence-electron chi connectivity index (χ0n) is 30.8. The van der Waals surface area contributed by atoms with Crippen LogP contribution in [0.1, 0.15) is 22.9 Å². The van der Waals surface area contributed by atoms with Gasteiger partial charge in [-0.25, -0.2) is 15.0 Å². The van der Waals surface area contributed by atoms with Crippen LogP contribution in [0.4, 0.5) is 0 Å². The van der Waals surface area contributed by atoms with E-state index in [4.69, 9.17) is 15.0 Å². The molecule has 1 unspecified atom stereocenters. The lowest BCUT2D eigenvalue weighted by molar-refractivity contribution is 0.860. The summed E-state index contributed by atoms with van der Waals surface area (Å²) in [6.07, 6.45) is 0. The molecule has 5 heteroatoms. The number of hydrogen-bond acceptors (Lipinski definition) is 3. The highest BCUT2D eigenvalue weighted by molar-refractivity contribution is 6.14. The van der Waals surface area contributed by atoms with Crippen molar-refractivity contribution in [3.8, 4) is 45.3 Å². The van der Waals surface area contributed by atoms with Crippen LogP contribution in [0.3, 0.4) is 0 Å². The maximum atomic E-state index is 5.47. The molecule has 266 valence electrons. The Morgan fingerprint density at radius 2 is 0.912 bits per heavy atom. The summed E-state index contributed by atoms with van der Waals surface area (Å²) in [5.74, 6) is 1.81. The summed E-state index contributed by atoms with van der Waals surface area (Å²) >= 11 is 0. The van der Waals surface area contributed by atoms with Gasteiger partial charge >= 0.3 is 0 Å². The molecular weight excluding hydrogens is 695 g/mol. The fourth-order valence-electron chi connectivity index (χ4n) is 9.25. The second-order valence-corrected chi connectivity index (χ2v) is 14.8. The van der Waals surface area contributed by atoms with Gasteiger partial charge in [0.25, 0.3) is 0 Å². The first-order valence-electron chi connectivity index (χ1n) is 19.4. The molecule has 0 bridgehead atoms. The quantitative estimate of drug-likeness (QED) is 0.177. The van der Waals surface area contributed by atoms with Crippen LogP contribution in [-0.4, -0.2) is 24.1 Å². The SMILES string of the molecule is c1ccc(-c2nc(-c3cccc(-n4c5ccccc5c5ccccc54)c3)nc(C3c4ccccc4-c4ccc5c(c43)c3ccccc3n5-c3ccccc3)n2)cc1. The van der Waals surface area contributed by atoms with E-state index in [9.17, 15) is 0 Å². The minimum atomic E-state index is -0.223. The van der Waals surface area contributed by atoms with E-state index in [0.717, 1.165) is 44.9 Å². The number of para-hydroxylation sites is 4. The maximum absolute atomic E-state index is 5.47. The molecule has 11 aromatic rings. The number of fused-ring (bicyclic) bond motifs is 10. The van der Waals surface area contributed by atoms with E-state index < -0.39 is 0 Å². The second-order valence-electron chi connectivity index (χ2n) is 14.8. The third-order valence-electron chi connectivity index (χ3n) is 11.6. The molecule has 1 aliphatic rings. The first kappa shape index (κ1) is 31.7. The summed E-state index contributed by atoms with van der Waals surface area (Å²) in [5, 5.41) is 4.89. The number of aromatic nitrogens is 5. The minimum Gasteiger partial charge on any atom is -0.309 e. The average molecular weight is 728 g/mol. The highest BCUT2D eigenvalue weighted by atomic mass is 15.0. The van der Waals surface area contributed by atoms with Crippen LogP contribution >= 0.6 is 0 Å². The average Bonchev–Trinajstić information content (AvgIpc) is 3.93. The Labute approximate surface area is 328 Å². The lowest BCUT2D eigenvalue weighted by Crippen LogP contribution is -2.10. The number of nitrogens with zero attached hydrogens (tertiary/aromatic N) is 5. The van der Waals surface area contributed by atoms with Gasteiger partial charge in [-0.1, -0.05) is 146 Å². The van der Waals surface area contributed by atoms with E-state index in [1.165, 1.54) is 49.3 Å². The molecule has 0 fully saturated rings. The number of hydrogen-bond donors (Lipinski definition) is 0. The lowest BCUT2D eigenvalue weighted by atomic mass is 9.92. The van der Waals surface area contributed by atoms with Crippen LogP contribution in [0.2, 0.25) is 0 Å². The summed E-state index contributed by atoms with van der Waals surface area (Å²) in [4.78, 5) is 16.1. The fraction of sp³-hybridized carbons (Fsp3) is 0.0192. The molecule has 12 rings (SSSR count). The lowest BCUT2D eigenvalue weighted by Gasteiger charge is -2.17. The Balaban J connectivity index is 1.12. The van der Waals surface area contributed by atoms with Crippen LogP contribution in [0, 0.1) is 0 Å². The van der Waals surface area contributed by atoms with Gasteiger partial charge in [0.2, 0.25) is 0 Å². The van der Waals surface area contributed by atoms with Gasteiger partial charge in [-0.3, -0.25) is 0 Å². The molecule has 0 spiro atoms. The van der Waals surface area contributed by atoms with Crippen molar-refractivity contribution in [1.29, 1.82) is 0 Å². The van der Waals surface area contributed by atoms with E-state index >= 15 is 0 Å². The molecule has 0 aliphatic heterocycles. The van der Waals surface area contributed by atoms with E-state index in [0.29, 0.717) is 11.6 Å². The predicted molar refractivity (Wildman–Crippen MR) is 232 cm³/mol. The number of rotatable bonds is 5. The Morgan fingerprint density at radius 3 is 1.65 bits per heavy atom. The standard InChI is InChI=1S/C52H33N5/c1-3-16-33(17-4-1)50-53-51(34-18-15-21-36(32-34)57-43-27-12-9-23-38(43)39-24-10-13-28-44(39)57)55-52(54-50)49-40-25-8-7-22-37(40)41-30-31-46-47(48(41)49)42-26-11-14-29-45(42)56(46)35-19-5-2-6-20-35/h1-32,49H. The van der Waals surface area contributed by atoms with E-state index in [-0.39, 0.29) is 5.92 Å². The van der Waals surface area contributed by atoms with Gasteiger partial charge in [0.05, 0.1) is 28.0 Å². The van der Waals surface area contributed by atoms with E-state index in [1.807, 2.05) is 18.2 Å². The van der Waals surface area contributed by atoms with Crippen LogP contribution in [0.25, 0.3) is 88.9 Å². The molecule has 1 aliphatic carbocycles. The summed E-state index contributed by atoms with van der Waals surface area (Å²) in [6, 6.07) is 68.9. The Morgan fingerprint density at radius 1 is 0.368 bits per heavy atom. The molecule has 3 heterocycles. The van der Waals surface area contributed by atoms with Crippen molar-refractivity contribution in [3.05, 3.63) is 211 Å². The molecule has 0 amide bonds. The molecule has 3 aromatic heterocycles. The van der Waals surface area contributed by atoms with Gasteiger partial charge in [-0.2, -0.15) is 0 Å². The molecule has 57 heavy (non-hydrogen) atoms. The highest BCUT2D eigenvalue weighted by Gasteiger charge is 2.36. The Bertz CT molecular complexity index is 3310.